The van der Waals surface area contributed by atoms with E-state index in [-0.39, 0.29) is 5.15 Å². The highest BCUT2D eigenvalue weighted by atomic mass is 35.5. The normalized spacial score (nSPS) is 21.8. The molecule has 0 saturated heterocycles. The Morgan fingerprint density at radius 3 is 2.32 bits per heavy atom. The molecule has 2 aromatic rings. The molecule has 1 aliphatic carbocycles. The quantitative estimate of drug-likeness (QED) is 0.612. The molecule has 0 N–H and O–H groups in total. The molecular formula is C19H21ClFN. The zero-order valence-corrected chi connectivity index (χ0v) is 13.6. The molecule has 0 amide bonds. The van der Waals surface area contributed by atoms with Crippen molar-refractivity contribution in [1.82, 2.24) is 4.98 Å². The van der Waals surface area contributed by atoms with Crippen molar-refractivity contribution in [1.29, 1.82) is 0 Å². The molecule has 0 aliphatic heterocycles. The minimum absolute atomic E-state index is 0.186. The zero-order chi connectivity index (χ0) is 15.5. The van der Waals surface area contributed by atoms with Crippen LogP contribution in [0.15, 0.2) is 36.4 Å². The third-order valence-electron chi connectivity index (χ3n) is 4.93. The van der Waals surface area contributed by atoms with E-state index in [9.17, 15) is 4.39 Å². The summed E-state index contributed by atoms with van der Waals surface area (Å²) in [5.41, 5.74) is 2.74. The van der Waals surface area contributed by atoms with E-state index < -0.39 is 5.95 Å². The van der Waals surface area contributed by atoms with Gasteiger partial charge >= 0.3 is 0 Å². The SMILES string of the molecule is CC[C@H]1CC[C@H](c2ccc(-c3ccc(Cl)nc3F)cc2)CC1. The second kappa shape index (κ2) is 6.78. The van der Waals surface area contributed by atoms with Gasteiger partial charge < -0.3 is 0 Å². The second-order valence-corrected chi connectivity index (χ2v) is 6.61. The van der Waals surface area contributed by atoms with Gasteiger partial charge in [-0.2, -0.15) is 4.39 Å². The second-order valence-electron chi connectivity index (χ2n) is 6.22. The standard InChI is InChI=1S/C19H21ClFN/c1-2-13-3-5-14(6-4-13)15-7-9-16(10-8-15)17-11-12-18(20)22-19(17)21/h7-14H,2-6H2,1H3/t13-,14-. The van der Waals surface area contributed by atoms with Crippen molar-refractivity contribution in [2.24, 2.45) is 5.92 Å². The Labute approximate surface area is 136 Å². The van der Waals surface area contributed by atoms with Crippen LogP contribution in [0.25, 0.3) is 11.1 Å². The Balaban J connectivity index is 1.75. The molecular weight excluding hydrogens is 297 g/mol. The van der Waals surface area contributed by atoms with Gasteiger partial charge in [-0.15, -0.1) is 0 Å². The number of rotatable bonds is 3. The van der Waals surface area contributed by atoms with Gasteiger partial charge in [-0.05, 0) is 60.8 Å². The lowest BCUT2D eigenvalue weighted by Crippen LogP contribution is -2.12. The summed E-state index contributed by atoms with van der Waals surface area (Å²) >= 11 is 5.70. The van der Waals surface area contributed by atoms with Gasteiger partial charge in [0.15, 0.2) is 0 Å². The molecule has 0 unspecified atom stereocenters. The minimum atomic E-state index is -0.510. The molecule has 1 aromatic carbocycles. The highest BCUT2D eigenvalue weighted by Crippen LogP contribution is 2.37. The molecule has 0 spiro atoms. The van der Waals surface area contributed by atoms with Crippen molar-refractivity contribution in [2.75, 3.05) is 0 Å². The van der Waals surface area contributed by atoms with E-state index >= 15 is 0 Å². The van der Waals surface area contributed by atoms with Crippen LogP contribution in [0.2, 0.25) is 5.15 Å². The maximum atomic E-state index is 13.9. The monoisotopic (exact) mass is 317 g/mol. The molecule has 1 saturated carbocycles. The van der Waals surface area contributed by atoms with Gasteiger partial charge in [0.2, 0.25) is 5.95 Å². The highest BCUT2D eigenvalue weighted by molar-refractivity contribution is 6.29. The average molecular weight is 318 g/mol. The molecule has 0 radical (unpaired) electrons. The van der Waals surface area contributed by atoms with Crippen molar-refractivity contribution < 1.29 is 4.39 Å². The average Bonchev–Trinajstić information content (AvgIpc) is 2.55. The lowest BCUT2D eigenvalue weighted by atomic mass is 9.78. The first-order chi connectivity index (χ1) is 10.7. The van der Waals surface area contributed by atoms with E-state index in [1.54, 1.807) is 12.1 Å². The Kier molecular flexibility index (Phi) is 4.77. The maximum absolute atomic E-state index is 13.9. The largest absolute Gasteiger partial charge is 0.222 e. The molecule has 3 heteroatoms. The Morgan fingerprint density at radius 2 is 1.73 bits per heavy atom. The van der Waals surface area contributed by atoms with Gasteiger partial charge in [0.1, 0.15) is 5.15 Å². The van der Waals surface area contributed by atoms with Crippen LogP contribution in [0.1, 0.15) is 50.5 Å². The van der Waals surface area contributed by atoms with Crippen molar-refractivity contribution in [3.63, 3.8) is 0 Å². The number of pyridine rings is 1. The molecule has 1 nitrogen and oxygen atoms in total. The molecule has 1 fully saturated rings. The van der Waals surface area contributed by atoms with Crippen LogP contribution in [0.4, 0.5) is 4.39 Å². The fraction of sp³-hybridized carbons (Fsp3) is 0.421. The summed E-state index contributed by atoms with van der Waals surface area (Å²) in [5.74, 6) is 1.05. The summed E-state index contributed by atoms with van der Waals surface area (Å²) in [5, 5.41) is 0.186. The predicted octanol–water partition coefficient (Wildman–Crippen LogP) is 6.22. The van der Waals surface area contributed by atoms with E-state index in [4.69, 9.17) is 11.6 Å². The van der Waals surface area contributed by atoms with Crippen LogP contribution in [-0.2, 0) is 0 Å². The van der Waals surface area contributed by atoms with Gasteiger partial charge in [0.25, 0.3) is 0 Å². The molecule has 1 heterocycles. The minimum Gasteiger partial charge on any atom is -0.207 e. The van der Waals surface area contributed by atoms with Gasteiger partial charge in [-0.3, -0.25) is 0 Å². The Bertz CT molecular complexity index is 630. The summed E-state index contributed by atoms with van der Waals surface area (Å²) in [6, 6.07) is 11.6. The van der Waals surface area contributed by atoms with E-state index in [0.717, 1.165) is 11.5 Å². The van der Waals surface area contributed by atoms with E-state index in [0.29, 0.717) is 11.5 Å². The van der Waals surface area contributed by atoms with Crippen molar-refractivity contribution in [2.45, 2.75) is 44.9 Å². The van der Waals surface area contributed by atoms with E-state index in [2.05, 4.69) is 24.0 Å². The third kappa shape index (κ3) is 3.33. The number of hydrogen-bond donors (Lipinski definition) is 0. The number of aromatic nitrogens is 1. The van der Waals surface area contributed by atoms with E-state index in [1.165, 1.54) is 37.7 Å². The van der Waals surface area contributed by atoms with Gasteiger partial charge in [0.05, 0.1) is 0 Å². The Morgan fingerprint density at radius 1 is 1.05 bits per heavy atom. The molecule has 1 aromatic heterocycles. The topological polar surface area (TPSA) is 12.9 Å². The summed E-state index contributed by atoms with van der Waals surface area (Å²) in [7, 11) is 0. The van der Waals surface area contributed by atoms with Crippen LogP contribution in [0.5, 0.6) is 0 Å². The van der Waals surface area contributed by atoms with Crippen LogP contribution < -0.4 is 0 Å². The summed E-state index contributed by atoms with van der Waals surface area (Å²) < 4.78 is 13.9. The number of nitrogens with zero attached hydrogens (tertiary/aromatic N) is 1. The van der Waals surface area contributed by atoms with Gasteiger partial charge in [-0.1, -0.05) is 49.2 Å². The highest BCUT2D eigenvalue weighted by Gasteiger charge is 2.21. The lowest BCUT2D eigenvalue weighted by Gasteiger charge is -2.28. The third-order valence-corrected chi connectivity index (χ3v) is 5.14. The molecule has 22 heavy (non-hydrogen) atoms. The van der Waals surface area contributed by atoms with Crippen molar-refractivity contribution in [3.05, 3.63) is 53.1 Å². The molecule has 116 valence electrons. The van der Waals surface area contributed by atoms with Crippen LogP contribution in [0, 0.1) is 11.9 Å². The fourth-order valence-electron chi connectivity index (χ4n) is 3.47. The first kappa shape index (κ1) is 15.5. The van der Waals surface area contributed by atoms with Crippen molar-refractivity contribution >= 4 is 11.6 Å². The summed E-state index contributed by atoms with van der Waals surface area (Å²) in [4.78, 5) is 3.68. The number of halogens is 2. The fourth-order valence-corrected chi connectivity index (χ4v) is 3.60. The first-order valence-electron chi connectivity index (χ1n) is 8.09. The Hall–Kier alpha value is -1.41. The van der Waals surface area contributed by atoms with Crippen LogP contribution in [-0.4, -0.2) is 4.98 Å². The number of hydrogen-bond acceptors (Lipinski definition) is 1. The molecule has 0 atom stereocenters. The van der Waals surface area contributed by atoms with Crippen LogP contribution in [0.3, 0.4) is 0 Å². The zero-order valence-electron chi connectivity index (χ0n) is 12.9. The smallest absolute Gasteiger partial charge is 0.207 e. The summed E-state index contributed by atoms with van der Waals surface area (Å²) in [6.45, 7) is 2.29. The molecule has 1 aliphatic rings. The summed E-state index contributed by atoms with van der Waals surface area (Å²) in [6.07, 6.45) is 6.51. The van der Waals surface area contributed by atoms with Crippen LogP contribution >= 0.6 is 11.6 Å². The predicted molar refractivity (Wildman–Crippen MR) is 89.6 cm³/mol. The van der Waals surface area contributed by atoms with Crippen molar-refractivity contribution in [3.8, 4) is 11.1 Å². The van der Waals surface area contributed by atoms with E-state index in [1.807, 2.05) is 12.1 Å². The van der Waals surface area contributed by atoms with Gasteiger partial charge in [0, 0.05) is 5.56 Å². The van der Waals surface area contributed by atoms with Gasteiger partial charge in [-0.25, -0.2) is 4.98 Å². The number of benzene rings is 1. The molecule has 0 bridgehead atoms. The molecule has 3 rings (SSSR count). The first-order valence-corrected chi connectivity index (χ1v) is 8.47. The maximum Gasteiger partial charge on any atom is 0.222 e. The lowest BCUT2D eigenvalue weighted by molar-refractivity contribution is 0.319.